The first-order chi connectivity index (χ1) is 19.3. The zero-order valence-electron chi connectivity index (χ0n) is 21.5. The molecule has 0 amide bonds. The SMILES string of the molecule is [Cu].c1ccc([PH+]2Cc3ccc4ccc5ccc6ccc(nc6c5c4n3)-c3ccccc3Pc3ccccc32)cc1. The van der Waals surface area contributed by atoms with Crippen molar-refractivity contribution in [2.45, 2.75) is 6.16 Å². The average Bonchev–Trinajstić information content (AvgIpc) is 3.00. The van der Waals surface area contributed by atoms with E-state index in [2.05, 4.69) is 127 Å². The van der Waals surface area contributed by atoms with Crippen molar-refractivity contribution in [3.8, 4) is 11.3 Å². The van der Waals surface area contributed by atoms with Crippen LogP contribution < -0.4 is 21.2 Å². The molecular weight excluding hydrogens is 574 g/mol. The number of aromatic nitrogens is 2. The summed E-state index contributed by atoms with van der Waals surface area (Å²) in [6, 6.07) is 46.6. The predicted molar refractivity (Wildman–Crippen MR) is 172 cm³/mol. The van der Waals surface area contributed by atoms with Gasteiger partial charge in [-0.05, 0) is 41.0 Å². The van der Waals surface area contributed by atoms with Gasteiger partial charge in [-0.1, -0.05) is 106 Å². The van der Waals surface area contributed by atoms with E-state index in [1.54, 1.807) is 0 Å². The second-order valence-corrected chi connectivity index (χ2v) is 13.9. The van der Waals surface area contributed by atoms with E-state index in [-0.39, 0.29) is 17.1 Å². The smallest absolute Gasteiger partial charge is 0.108 e. The van der Waals surface area contributed by atoms with Crippen molar-refractivity contribution in [1.29, 1.82) is 0 Å². The van der Waals surface area contributed by atoms with E-state index in [1.807, 2.05) is 0 Å². The first kappa shape index (κ1) is 25.5. The molecule has 8 rings (SSSR count). The first-order valence-corrected chi connectivity index (χ1v) is 16.0. The predicted octanol–water partition coefficient (Wildman–Crippen LogP) is 6.91. The van der Waals surface area contributed by atoms with Gasteiger partial charge in [0.1, 0.15) is 11.5 Å². The van der Waals surface area contributed by atoms with Crippen molar-refractivity contribution in [2.75, 3.05) is 0 Å². The third-order valence-electron chi connectivity index (χ3n) is 7.76. The van der Waals surface area contributed by atoms with Gasteiger partial charge in [-0.25, -0.2) is 9.97 Å². The van der Waals surface area contributed by atoms with Crippen LogP contribution in [0.15, 0.2) is 127 Å². The molecule has 7 aromatic rings. The third-order valence-corrected chi connectivity index (χ3v) is 12.3. The van der Waals surface area contributed by atoms with E-state index < -0.39 is 7.92 Å². The molecule has 5 aromatic carbocycles. The van der Waals surface area contributed by atoms with Crippen LogP contribution in [-0.4, -0.2) is 9.97 Å². The van der Waals surface area contributed by atoms with Crippen LogP contribution in [0.2, 0.25) is 0 Å². The maximum atomic E-state index is 5.38. The fraction of sp³-hybridized carbons (Fsp3) is 0.0286. The quantitative estimate of drug-likeness (QED) is 0.117. The van der Waals surface area contributed by atoms with Crippen LogP contribution in [0.3, 0.4) is 0 Å². The molecule has 1 aliphatic heterocycles. The van der Waals surface area contributed by atoms with Crippen molar-refractivity contribution < 1.29 is 17.1 Å². The Bertz CT molecular complexity index is 2040. The molecule has 0 aliphatic carbocycles. The minimum absolute atomic E-state index is 0. The number of fused-ring (bicyclic) bond motifs is 5. The normalized spacial score (nSPS) is 14.9. The van der Waals surface area contributed by atoms with E-state index in [1.165, 1.54) is 32.2 Å². The van der Waals surface area contributed by atoms with Crippen LogP contribution >= 0.6 is 16.5 Å². The number of hydrogen-bond acceptors (Lipinski definition) is 2. The molecule has 0 saturated heterocycles. The topological polar surface area (TPSA) is 25.8 Å². The van der Waals surface area contributed by atoms with Crippen LogP contribution in [0, 0.1) is 0 Å². The minimum atomic E-state index is -1.13. The minimum Gasteiger partial charge on any atom is -0.248 e. The number of pyridine rings is 2. The van der Waals surface area contributed by atoms with Crippen molar-refractivity contribution in [2.24, 2.45) is 0 Å². The number of rotatable bonds is 1. The van der Waals surface area contributed by atoms with Crippen molar-refractivity contribution >= 4 is 70.3 Å². The molecule has 0 spiro atoms. The molecule has 4 bridgehead atoms. The van der Waals surface area contributed by atoms with Gasteiger partial charge in [0.05, 0.1) is 35.6 Å². The molecule has 0 fully saturated rings. The van der Waals surface area contributed by atoms with Crippen molar-refractivity contribution in [3.63, 3.8) is 0 Å². The Morgan fingerprint density at radius 1 is 0.550 bits per heavy atom. The summed E-state index contributed by atoms with van der Waals surface area (Å²) in [6.07, 6.45) is 0.938. The standard InChI is InChI=1S/C35H24N2P2.Cu/c1-2-8-27(9-3-1)39-22-26-20-18-24-16-14-23-15-17-25-19-21-29(37-35(25)33(23)34(24)36-26)28-10-4-5-11-30(28)38-31-12-6-7-13-32(31)39;/h1-21,38H,22H2;/p+1. The van der Waals surface area contributed by atoms with Crippen LogP contribution in [0.1, 0.15) is 5.69 Å². The van der Waals surface area contributed by atoms with Crippen LogP contribution in [0.4, 0.5) is 0 Å². The molecule has 0 N–H and O–H groups in total. The zero-order valence-corrected chi connectivity index (χ0v) is 24.5. The largest absolute Gasteiger partial charge is 0.248 e. The Balaban J connectivity index is 0.00000264. The van der Waals surface area contributed by atoms with Crippen LogP contribution in [-0.2, 0) is 23.2 Å². The van der Waals surface area contributed by atoms with E-state index in [4.69, 9.17) is 9.97 Å². The number of hydrogen-bond donors (Lipinski definition) is 0. The average molecular weight is 599 g/mol. The molecule has 1 radical (unpaired) electrons. The second-order valence-electron chi connectivity index (χ2n) is 10.1. The maximum Gasteiger partial charge on any atom is 0.108 e. The monoisotopic (exact) mass is 598 g/mol. The maximum absolute atomic E-state index is 5.38. The molecule has 5 heteroatoms. The fourth-order valence-electron chi connectivity index (χ4n) is 5.85. The second kappa shape index (κ2) is 10.5. The molecule has 0 saturated carbocycles. The van der Waals surface area contributed by atoms with Gasteiger partial charge in [-0.3, -0.25) is 0 Å². The summed E-state index contributed by atoms with van der Waals surface area (Å²) in [7, 11) is -0.585. The Morgan fingerprint density at radius 3 is 2.00 bits per heavy atom. The summed E-state index contributed by atoms with van der Waals surface area (Å²) in [4.78, 5) is 10.7. The van der Waals surface area contributed by atoms with Crippen molar-refractivity contribution in [1.82, 2.24) is 9.97 Å². The molecule has 2 atom stereocenters. The summed E-state index contributed by atoms with van der Waals surface area (Å²) >= 11 is 0. The van der Waals surface area contributed by atoms with Crippen molar-refractivity contribution in [3.05, 3.63) is 133 Å². The van der Waals surface area contributed by atoms with Gasteiger partial charge in [0.25, 0.3) is 0 Å². The molecule has 40 heavy (non-hydrogen) atoms. The Hall–Kier alpha value is -3.44. The molecule has 2 aromatic heterocycles. The van der Waals surface area contributed by atoms with Gasteiger partial charge in [-0.2, -0.15) is 0 Å². The molecule has 195 valence electrons. The molecular formula is C35H25CuN2P2+. The number of benzene rings is 5. The molecule has 3 heterocycles. The van der Waals surface area contributed by atoms with E-state index in [9.17, 15) is 0 Å². The Labute approximate surface area is 246 Å². The summed E-state index contributed by atoms with van der Waals surface area (Å²) in [6.45, 7) is 0. The fourth-order valence-corrected chi connectivity index (χ4v) is 10.3. The van der Waals surface area contributed by atoms with Gasteiger partial charge in [0, 0.05) is 44.1 Å². The van der Waals surface area contributed by atoms with Gasteiger partial charge in [-0.15, -0.1) is 0 Å². The number of nitrogens with zero attached hydrogens (tertiary/aromatic N) is 2. The Morgan fingerprint density at radius 2 is 1.18 bits per heavy atom. The molecule has 1 aliphatic rings. The third kappa shape index (κ3) is 4.35. The van der Waals surface area contributed by atoms with Gasteiger partial charge >= 0.3 is 0 Å². The van der Waals surface area contributed by atoms with Crippen LogP contribution in [0.25, 0.3) is 43.8 Å². The summed E-state index contributed by atoms with van der Waals surface area (Å²) < 4.78 is 0. The van der Waals surface area contributed by atoms with E-state index >= 15 is 0 Å². The van der Waals surface area contributed by atoms with E-state index in [0.29, 0.717) is 8.58 Å². The van der Waals surface area contributed by atoms with Gasteiger partial charge < -0.3 is 0 Å². The first-order valence-electron chi connectivity index (χ1n) is 13.3. The van der Waals surface area contributed by atoms with Gasteiger partial charge in [0.15, 0.2) is 0 Å². The zero-order chi connectivity index (χ0) is 25.8. The summed E-state index contributed by atoms with van der Waals surface area (Å²) in [5.74, 6) is 0. The van der Waals surface area contributed by atoms with Gasteiger partial charge in [0.2, 0.25) is 0 Å². The van der Waals surface area contributed by atoms with Crippen LogP contribution in [0.5, 0.6) is 0 Å². The summed E-state index contributed by atoms with van der Waals surface area (Å²) in [5, 5.41) is 10.3. The molecule has 2 nitrogen and oxygen atoms in total. The summed E-state index contributed by atoms with van der Waals surface area (Å²) in [5.41, 5.74) is 5.47. The van der Waals surface area contributed by atoms with E-state index in [0.717, 1.165) is 44.7 Å². The molecule has 2 unspecified atom stereocenters. The Kier molecular flexibility index (Phi) is 6.71.